The van der Waals surface area contributed by atoms with E-state index >= 15 is 0 Å². The van der Waals surface area contributed by atoms with Crippen LogP contribution in [-0.4, -0.2) is 39.2 Å². The molecule has 0 saturated heterocycles. The Labute approximate surface area is 210 Å². The summed E-state index contributed by atoms with van der Waals surface area (Å²) in [6, 6.07) is 16.4. The van der Waals surface area contributed by atoms with E-state index in [0.717, 1.165) is 0 Å². The molecule has 0 spiro atoms. The molecule has 2 N–H and O–H groups in total. The Bertz CT molecular complexity index is 1590. The lowest BCUT2D eigenvalue weighted by atomic mass is 10.2. The van der Waals surface area contributed by atoms with Gasteiger partial charge in [0.2, 0.25) is 0 Å². The number of ether oxygens (including phenoxy) is 3. The molecule has 0 radical (unpaired) electrons. The van der Waals surface area contributed by atoms with Gasteiger partial charge >= 0.3 is 6.61 Å². The SMILES string of the molecule is COc1cc(OC(F)F)cc(Nc2nc3ccccc3nc2NS(=O)(=O)c2ccc(C#N)cc2)c1OC. The van der Waals surface area contributed by atoms with E-state index in [-0.39, 0.29) is 39.5 Å². The molecule has 0 aliphatic carbocycles. The molecule has 190 valence electrons. The van der Waals surface area contributed by atoms with E-state index < -0.39 is 16.6 Å². The van der Waals surface area contributed by atoms with Crippen molar-refractivity contribution in [3.8, 4) is 23.3 Å². The molecule has 3 aromatic carbocycles. The first kappa shape index (κ1) is 25.4. The highest BCUT2D eigenvalue weighted by atomic mass is 32.2. The number of halogens is 2. The van der Waals surface area contributed by atoms with Crippen molar-refractivity contribution >= 4 is 38.4 Å². The number of aromatic nitrogens is 2. The van der Waals surface area contributed by atoms with E-state index in [2.05, 4.69) is 24.7 Å². The van der Waals surface area contributed by atoms with Gasteiger partial charge in [0.05, 0.1) is 47.5 Å². The maximum Gasteiger partial charge on any atom is 0.387 e. The van der Waals surface area contributed by atoms with Gasteiger partial charge in [-0.2, -0.15) is 14.0 Å². The minimum absolute atomic E-state index is 0.0505. The first-order valence-electron chi connectivity index (χ1n) is 10.5. The Balaban J connectivity index is 1.82. The van der Waals surface area contributed by atoms with Crippen LogP contribution < -0.4 is 24.2 Å². The van der Waals surface area contributed by atoms with Gasteiger partial charge in [-0.1, -0.05) is 12.1 Å². The number of anilines is 3. The van der Waals surface area contributed by atoms with Gasteiger partial charge in [-0.15, -0.1) is 0 Å². The molecule has 0 fully saturated rings. The van der Waals surface area contributed by atoms with Crippen LogP contribution in [0.15, 0.2) is 65.6 Å². The third-order valence-corrected chi connectivity index (χ3v) is 6.38. The smallest absolute Gasteiger partial charge is 0.387 e. The summed E-state index contributed by atoms with van der Waals surface area (Å²) in [6.45, 7) is -3.10. The monoisotopic (exact) mass is 527 g/mol. The molecule has 1 aromatic heterocycles. The van der Waals surface area contributed by atoms with Crippen LogP contribution in [0.25, 0.3) is 11.0 Å². The highest BCUT2D eigenvalue weighted by molar-refractivity contribution is 7.92. The number of para-hydroxylation sites is 2. The molecule has 10 nitrogen and oxygen atoms in total. The number of hydrogen-bond acceptors (Lipinski definition) is 9. The predicted octanol–water partition coefficient (Wildman–Crippen LogP) is 4.66. The summed E-state index contributed by atoms with van der Waals surface area (Å²) in [6.07, 6.45) is 0. The Morgan fingerprint density at radius 1 is 0.946 bits per heavy atom. The first-order valence-corrected chi connectivity index (χ1v) is 12.0. The molecule has 0 bridgehead atoms. The summed E-state index contributed by atoms with van der Waals surface area (Å²) in [5, 5.41) is 11.9. The summed E-state index contributed by atoms with van der Waals surface area (Å²) in [5.41, 5.74) is 1.21. The third-order valence-electron chi connectivity index (χ3n) is 5.03. The second-order valence-electron chi connectivity index (χ2n) is 7.36. The largest absolute Gasteiger partial charge is 0.493 e. The van der Waals surface area contributed by atoms with E-state index in [0.29, 0.717) is 16.6 Å². The van der Waals surface area contributed by atoms with Crippen molar-refractivity contribution in [2.75, 3.05) is 24.3 Å². The molecule has 4 aromatic rings. The highest BCUT2D eigenvalue weighted by Gasteiger charge is 2.22. The van der Waals surface area contributed by atoms with Crippen LogP contribution in [0.2, 0.25) is 0 Å². The van der Waals surface area contributed by atoms with Crippen LogP contribution in [0.1, 0.15) is 5.56 Å². The fourth-order valence-electron chi connectivity index (χ4n) is 3.38. The van der Waals surface area contributed by atoms with Crippen LogP contribution in [0.4, 0.5) is 26.1 Å². The van der Waals surface area contributed by atoms with Crippen molar-refractivity contribution in [1.29, 1.82) is 5.26 Å². The molecule has 37 heavy (non-hydrogen) atoms. The summed E-state index contributed by atoms with van der Waals surface area (Å²) in [5.74, 6) is -0.255. The van der Waals surface area contributed by atoms with Gasteiger partial charge in [-0.3, -0.25) is 4.72 Å². The minimum Gasteiger partial charge on any atom is -0.493 e. The van der Waals surface area contributed by atoms with Crippen molar-refractivity contribution in [3.05, 3.63) is 66.2 Å². The summed E-state index contributed by atoms with van der Waals surface area (Å²) in [4.78, 5) is 8.75. The number of sulfonamides is 1. The lowest BCUT2D eigenvalue weighted by molar-refractivity contribution is -0.0499. The van der Waals surface area contributed by atoms with Gasteiger partial charge in [0.25, 0.3) is 10.0 Å². The maximum atomic E-state index is 13.1. The van der Waals surface area contributed by atoms with Crippen molar-refractivity contribution < 1.29 is 31.4 Å². The molecule has 1 heterocycles. The van der Waals surface area contributed by atoms with Gasteiger partial charge in [0.15, 0.2) is 23.1 Å². The molecule has 0 aliphatic rings. The zero-order valence-corrected chi connectivity index (χ0v) is 20.2. The quantitative estimate of drug-likeness (QED) is 0.318. The van der Waals surface area contributed by atoms with Crippen molar-refractivity contribution in [1.82, 2.24) is 9.97 Å². The van der Waals surface area contributed by atoms with E-state index in [9.17, 15) is 17.2 Å². The second-order valence-corrected chi connectivity index (χ2v) is 9.04. The Kier molecular flexibility index (Phi) is 7.21. The zero-order chi connectivity index (χ0) is 26.6. The molecule has 0 atom stereocenters. The molecule has 4 rings (SSSR count). The summed E-state index contributed by atoms with van der Waals surface area (Å²) < 4.78 is 69.5. The highest BCUT2D eigenvalue weighted by Crippen LogP contribution is 2.42. The predicted molar refractivity (Wildman–Crippen MR) is 131 cm³/mol. The average molecular weight is 528 g/mol. The van der Waals surface area contributed by atoms with Crippen LogP contribution in [0.5, 0.6) is 17.2 Å². The van der Waals surface area contributed by atoms with Crippen molar-refractivity contribution in [2.45, 2.75) is 11.5 Å². The molecule has 0 aliphatic heterocycles. The summed E-state index contributed by atoms with van der Waals surface area (Å²) in [7, 11) is -1.49. The van der Waals surface area contributed by atoms with E-state index in [4.69, 9.17) is 14.7 Å². The third kappa shape index (κ3) is 5.60. The minimum atomic E-state index is -4.16. The zero-order valence-electron chi connectivity index (χ0n) is 19.4. The number of hydrogen-bond donors (Lipinski definition) is 2. The fraction of sp³-hybridized carbons (Fsp3) is 0.125. The standard InChI is InChI=1S/C24H19F2N5O5S/c1-34-20-12-15(36-24(25)26)11-19(21(20)35-2)30-22-23(29-18-6-4-3-5-17(18)28-22)31-37(32,33)16-9-7-14(13-27)8-10-16/h3-12,24H,1-2H3,(H,28,30)(H,29,31). The van der Waals surface area contributed by atoms with Gasteiger partial charge in [-0.25, -0.2) is 18.4 Å². The molecule has 0 unspecified atom stereocenters. The molecule has 0 saturated carbocycles. The average Bonchev–Trinajstić information content (AvgIpc) is 2.88. The maximum absolute atomic E-state index is 13.1. The van der Waals surface area contributed by atoms with Crippen LogP contribution >= 0.6 is 0 Å². The van der Waals surface area contributed by atoms with Crippen molar-refractivity contribution in [3.63, 3.8) is 0 Å². The Hall–Kier alpha value is -4.70. The number of fused-ring (bicyclic) bond motifs is 1. The normalized spacial score (nSPS) is 11.1. The first-order chi connectivity index (χ1) is 17.7. The number of nitriles is 1. The lowest BCUT2D eigenvalue weighted by Gasteiger charge is -2.18. The Morgan fingerprint density at radius 3 is 2.16 bits per heavy atom. The topological polar surface area (TPSA) is 135 Å². The second kappa shape index (κ2) is 10.5. The number of methoxy groups -OCH3 is 2. The number of rotatable bonds is 9. The fourth-order valence-corrected chi connectivity index (χ4v) is 4.39. The van der Waals surface area contributed by atoms with Crippen LogP contribution in [0, 0.1) is 11.3 Å². The van der Waals surface area contributed by atoms with Crippen LogP contribution in [0.3, 0.4) is 0 Å². The molecular formula is C24H19F2N5O5S. The molecule has 0 amide bonds. The molecule has 13 heteroatoms. The number of nitrogens with zero attached hydrogens (tertiary/aromatic N) is 3. The Morgan fingerprint density at radius 2 is 1.59 bits per heavy atom. The van der Waals surface area contributed by atoms with Crippen LogP contribution in [-0.2, 0) is 10.0 Å². The van der Waals surface area contributed by atoms with Gasteiger partial charge in [0, 0.05) is 12.1 Å². The van der Waals surface area contributed by atoms with Gasteiger partial charge < -0.3 is 19.5 Å². The van der Waals surface area contributed by atoms with Gasteiger partial charge in [-0.05, 0) is 36.4 Å². The lowest BCUT2D eigenvalue weighted by Crippen LogP contribution is -2.16. The summed E-state index contributed by atoms with van der Waals surface area (Å²) >= 11 is 0. The van der Waals surface area contributed by atoms with Gasteiger partial charge in [0.1, 0.15) is 5.75 Å². The number of nitrogens with one attached hydrogen (secondary N) is 2. The van der Waals surface area contributed by atoms with E-state index in [1.807, 2.05) is 6.07 Å². The number of alkyl halides is 2. The van der Waals surface area contributed by atoms with E-state index in [1.54, 1.807) is 24.3 Å². The van der Waals surface area contributed by atoms with Crippen molar-refractivity contribution in [2.24, 2.45) is 0 Å². The molecular weight excluding hydrogens is 508 g/mol. The number of benzene rings is 3. The van der Waals surface area contributed by atoms with E-state index in [1.165, 1.54) is 50.6 Å².